The van der Waals surface area contributed by atoms with Crippen molar-refractivity contribution in [3.05, 3.63) is 41.4 Å². The maximum Gasteiger partial charge on any atom is 0.166 e. The lowest BCUT2D eigenvalue weighted by Crippen LogP contribution is -1.97. The number of hydrogen-bond donors (Lipinski definition) is 1. The Kier molecular flexibility index (Phi) is 2.97. The van der Waals surface area contributed by atoms with Crippen LogP contribution in [0, 0.1) is 0 Å². The second kappa shape index (κ2) is 4.41. The van der Waals surface area contributed by atoms with Crippen molar-refractivity contribution in [2.24, 2.45) is 0 Å². The van der Waals surface area contributed by atoms with E-state index in [2.05, 4.69) is 4.98 Å². The minimum absolute atomic E-state index is 0.361. The van der Waals surface area contributed by atoms with Crippen LogP contribution in [-0.2, 0) is 0 Å². The summed E-state index contributed by atoms with van der Waals surface area (Å²) in [6.45, 7) is 0. The Morgan fingerprint density at radius 3 is 2.56 bits per heavy atom. The first-order chi connectivity index (χ1) is 7.72. The maximum atomic E-state index is 6.07. The number of rotatable bonds is 2. The van der Waals surface area contributed by atoms with Gasteiger partial charge < -0.3 is 10.5 Å². The Morgan fingerprint density at radius 2 is 1.94 bits per heavy atom. The lowest BCUT2D eigenvalue weighted by Gasteiger charge is -2.07. The molecule has 16 heavy (non-hydrogen) atoms. The summed E-state index contributed by atoms with van der Waals surface area (Å²) in [7, 11) is 1.56. The highest BCUT2D eigenvalue weighted by Crippen LogP contribution is 2.29. The van der Waals surface area contributed by atoms with Crippen molar-refractivity contribution in [2.45, 2.75) is 0 Å². The van der Waals surface area contributed by atoms with Crippen molar-refractivity contribution in [1.29, 1.82) is 0 Å². The van der Waals surface area contributed by atoms with E-state index in [4.69, 9.17) is 22.1 Å². The van der Waals surface area contributed by atoms with E-state index >= 15 is 0 Å². The number of methoxy groups -OCH3 is 1. The first-order valence-electron chi connectivity index (χ1n) is 4.78. The molecule has 0 amide bonds. The lowest BCUT2D eigenvalue weighted by atomic mass is 10.1. The van der Waals surface area contributed by atoms with Crippen LogP contribution in [0.1, 0.15) is 0 Å². The molecular formula is C12H11ClN2O. The number of nitrogens with zero attached hydrogens (tertiary/aromatic N) is 1. The van der Waals surface area contributed by atoms with Gasteiger partial charge in [0.05, 0.1) is 12.8 Å². The number of halogens is 1. The highest BCUT2D eigenvalue weighted by molar-refractivity contribution is 6.33. The zero-order valence-electron chi connectivity index (χ0n) is 8.77. The second-order valence-corrected chi connectivity index (χ2v) is 3.67. The zero-order valence-corrected chi connectivity index (χ0v) is 9.53. The van der Waals surface area contributed by atoms with Crippen molar-refractivity contribution < 1.29 is 4.74 Å². The molecule has 3 nitrogen and oxygen atoms in total. The molecule has 2 aromatic rings. The van der Waals surface area contributed by atoms with Gasteiger partial charge in [0.15, 0.2) is 11.6 Å². The molecule has 0 aliphatic heterocycles. The Hall–Kier alpha value is -1.74. The van der Waals surface area contributed by atoms with Crippen molar-refractivity contribution >= 4 is 17.4 Å². The highest BCUT2D eigenvalue weighted by Gasteiger charge is 2.07. The topological polar surface area (TPSA) is 48.1 Å². The van der Waals surface area contributed by atoms with E-state index in [9.17, 15) is 0 Å². The Balaban J connectivity index is 2.50. The molecule has 0 aliphatic rings. The molecule has 1 heterocycles. The summed E-state index contributed by atoms with van der Waals surface area (Å²) in [4.78, 5) is 4.24. The number of nitrogen functional groups attached to an aromatic ring is 1. The Morgan fingerprint density at radius 1 is 1.19 bits per heavy atom. The van der Waals surface area contributed by atoms with Gasteiger partial charge in [0.2, 0.25) is 0 Å². The minimum Gasteiger partial charge on any atom is -0.493 e. The molecule has 82 valence electrons. The quantitative estimate of drug-likeness (QED) is 0.869. The molecule has 1 aromatic heterocycles. The van der Waals surface area contributed by atoms with Crippen LogP contribution in [0.5, 0.6) is 5.75 Å². The first-order valence-corrected chi connectivity index (χ1v) is 5.15. The fourth-order valence-electron chi connectivity index (χ4n) is 1.45. The number of pyridine rings is 1. The summed E-state index contributed by atoms with van der Waals surface area (Å²) in [6.07, 6.45) is 0. The van der Waals surface area contributed by atoms with Gasteiger partial charge in [-0.15, -0.1) is 0 Å². The van der Waals surface area contributed by atoms with Crippen LogP contribution in [0.25, 0.3) is 11.3 Å². The molecule has 0 atom stereocenters. The van der Waals surface area contributed by atoms with Crippen LogP contribution in [0.4, 0.5) is 5.82 Å². The van der Waals surface area contributed by atoms with E-state index in [0.29, 0.717) is 16.6 Å². The van der Waals surface area contributed by atoms with Crippen LogP contribution < -0.4 is 10.5 Å². The van der Waals surface area contributed by atoms with Gasteiger partial charge in [-0.05, 0) is 18.2 Å². The average Bonchev–Trinajstić information content (AvgIpc) is 2.29. The molecule has 0 aliphatic carbocycles. The first kappa shape index (κ1) is 10.8. The van der Waals surface area contributed by atoms with Gasteiger partial charge in [0.25, 0.3) is 0 Å². The molecule has 0 saturated carbocycles. The third-order valence-corrected chi connectivity index (χ3v) is 2.59. The third kappa shape index (κ3) is 1.95. The van der Waals surface area contributed by atoms with E-state index in [1.165, 1.54) is 0 Å². The van der Waals surface area contributed by atoms with Crippen LogP contribution >= 0.6 is 11.6 Å². The maximum absolute atomic E-state index is 6.07. The number of aromatic nitrogens is 1. The smallest absolute Gasteiger partial charge is 0.166 e. The highest BCUT2D eigenvalue weighted by atomic mass is 35.5. The van der Waals surface area contributed by atoms with E-state index in [0.717, 1.165) is 11.3 Å². The van der Waals surface area contributed by atoms with Gasteiger partial charge in [-0.2, -0.15) is 0 Å². The normalized spacial score (nSPS) is 10.1. The van der Waals surface area contributed by atoms with Gasteiger partial charge in [-0.1, -0.05) is 29.8 Å². The SMILES string of the molecule is COc1ccc(-c2ccccc2Cl)nc1N. The molecule has 0 spiro atoms. The molecule has 0 unspecified atom stereocenters. The molecule has 0 fully saturated rings. The number of nitrogens with two attached hydrogens (primary N) is 1. The van der Waals surface area contributed by atoms with Crippen molar-refractivity contribution in [2.75, 3.05) is 12.8 Å². The summed E-state index contributed by atoms with van der Waals surface area (Å²) < 4.78 is 5.05. The fourth-order valence-corrected chi connectivity index (χ4v) is 1.69. The molecule has 1 aromatic carbocycles. The lowest BCUT2D eigenvalue weighted by molar-refractivity contribution is 0.415. The van der Waals surface area contributed by atoms with Gasteiger partial charge in [-0.25, -0.2) is 4.98 Å². The summed E-state index contributed by atoms with van der Waals surface area (Å²) in [5, 5.41) is 0.652. The molecule has 2 rings (SSSR count). The van der Waals surface area contributed by atoms with Crippen LogP contribution in [0.15, 0.2) is 36.4 Å². The van der Waals surface area contributed by atoms with E-state index < -0.39 is 0 Å². The Labute approximate surface area is 98.8 Å². The fraction of sp³-hybridized carbons (Fsp3) is 0.0833. The summed E-state index contributed by atoms with van der Waals surface area (Å²) in [5.74, 6) is 0.927. The average molecular weight is 235 g/mol. The number of ether oxygens (including phenoxy) is 1. The van der Waals surface area contributed by atoms with Crippen LogP contribution in [-0.4, -0.2) is 12.1 Å². The third-order valence-electron chi connectivity index (χ3n) is 2.26. The van der Waals surface area contributed by atoms with Crippen molar-refractivity contribution in [3.8, 4) is 17.0 Å². The number of benzene rings is 1. The molecule has 2 N–H and O–H groups in total. The monoisotopic (exact) mass is 234 g/mol. The number of anilines is 1. The molecule has 0 saturated heterocycles. The van der Waals surface area contributed by atoms with Gasteiger partial charge in [-0.3, -0.25) is 0 Å². The van der Waals surface area contributed by atoms with E-state index in [-0.39, 0.29) is 0 Å². The predicted octanol–water partition coefficient (Wildman–Crippen LogP) is 2.99. The summed E-state index contributed by atoms with van der Waals surface area (Å²) >= 11 is 6.07. The van der Waals surface area contributed by atoms with Crippen molar-refractivity contribution in [1.82, 2.24) is 4.98 Å². The van der Waals surface area contributed by atoms with Gasteiger partial charge in [0.1, 0.15) is 0 Å². The standard InChI is InChI=1S/C12H11ClN2O/c1-16-11-7-6-10(15-12(11)14)8-4-2-3-5-9(8)13/h2-7H,1H3,(H2,14,15). The second-order valence-electron chi connectivity index (χ2n) is 3.26. The van der Waals surface area contributed by atoms with Crippen LogP contribution in [0.2, 0.25) is 5.02 Å². The summed E-state index contributed by atoms with van der Waals surface area (Å²) in [6, 6.07) is 11.1. The van der Waals surface area contributed by atoms with Gasteiger partial charge >= 0.3 is 0 Å². The summed E-state index contributed by atoms with van der Waals surface area (Å²) in [5.41, 5.74) is 7.34. The predicted molar refractivity (Wildman–Crippen MR) is 65.6 cm³/mol. The molecular weight excluding hydrogens is 224 g/mol. The Bertz CT molecular complexity index is 514. The van der Waals surface area contributed by atoms with Crippen molar-refractivity contribution in [3.63, 3.8) is 0 Å². The minimum atomic E-state index is 0.361. The molecule has 0 radical (unpaired) electrons. The van der Waals surface area contributed by atoms with E-state index in [1.54, 1.807) is 13.2 Å². The zero-order chi connectivity index (χ0) is 11.5. The van der Waals surface area contributed by atoms with Crippen LogP contribution in [0.3, 0.4) is 0 Å². The van der Waals surface area contributed by atoms with Gasteiger partial charge in [0, 0.05) is 10.6 Å². The number of hydrogen-bond acceptors (Lipinski definition) is 3. The molecule has 0 bridgehead atoms. The molecule has 4 heteroatoms. The largest absolute Gasteiger partial charge is 0.493 e. The van der Waals surface area contributed by atoms with E-state index in [1.807, 2.05) is 30.3 Å².